The van der Waals surface area contributed by atoms with Gasteiger partial charge in [0, 0.05) is 12.6 Å². The first-order chi connectivity index (χ1) is 8.16. The van der Waals surface area contributed by atoms with Gasteiger partial charge in [-0.25, -0.2) is 4.79 Å². The molecule has 1 aliphatic carbocycles. The minimum Gasteiger partial charge on any atom is -0.508 e. The van der Waals surface area contributed by atoms with Crippen molar-refractivity contribution in [1.82, 2.24) is 5.32 Å². The average molecular weight is 235 g/mol. The van der Waals surface area contributed by atoms with E-state index in [2.05, 4.69) is 5.32 Å². The largest absolute Gasteiger partial charge is 0.508 e. The molecule has 0 amide bonds. The Kier molecular flexibility index (Phi) is 3.64. The molecule has 0 bridgehead atoms. The van der Waals surface area contributed by atoms with Crippen molar-refractivity contribution in [3.05, 3.63) is 29.3 Å². The third-order valence-corrected chi connectivity index (χ3v) is 3.26. The summed E-state index contributed by atoms with van der Waals surface area (Å²) in [5.41, 5.74) is 0.901. The fourth-order valence-electron chi connectivity index (χ4n) is 2.30. The van der Waals surface area contributed by atoms with Gasteiger partial charge in [-0.2, -0.15) is 0 Å². The quantitative estimate of drug-likeness (QED) is 0.747. The van der Waals surface area contributed by atoms with E-state index in [0.29, 0.717) is 12.6 Å². The summed E-state index contributed by atoms with van der Waals surface area (Å²) in [5, 5.41) is 21.7. The Morgan fingerprint density at radius 2 is 2.06 bits per heavy atom. The van der Waals surface area contributed by atoms with Gasteiger partial charge < -0.3 is 15.5 Å². The van der Waals surface area contributed by atoms with Gasteiger partial charge in [-0.1, -0.05) is 18.9 Å². The van der Waals surface area contributed by atoms with Crippen LogP contribution >= 0.6 is 0 Å². The summed E-state index contributed by atoms with van der Waals surface area (Å²) in [6.07, 6.45) is 4.83. The number of hydrogen-bond donors (Lipinski definition) is 3. The number of aromatic carboxylic acids is 1. The molecule has 1 saturated carbocycles. The number of hydrogen-bond acceptors (Lipinski definition) is 3. The smallest absolute Gasteiger partial charge is 0.336 e. The Morgan fingerprint density at radius 3 is 2.71 bits per heavy atom. The topological polar surface area (TPSA) is 69.6 Å². The van der Waals surface area contributed by atoms with E-state index in [0.717, 1.165) is 5.56 Å². The summed E-state index contributed by atoms with van der Waals surface area (Å²) in [6, 6.07) is 5.00. The van der Waals surface area contributed by atoms with E-state index in [1.165, 1.54) is 37.8 Å². The number of benzene rings is 1. The molecule has 0 heterocycles. The van der Waals surface area contributed by atoms with E-state index < -0.39 is 5.97 Å². The summed E-state index contributed by atoms with van der Waals surface area (Å²) < 4.78 is 0. The molecule has 0 unspecified atom stereocenters. The Balaban J connectivity index is 2.06. The molecule has 0 atom stereocenters. The lowest BCUT2D eigenvalue weighted by molar-refractivity contribution is 0.0695. The van der Waals surface area contributed by atoms with E-state index in [1.807, 2.05) is 0 Å². The summed E-state index contributed by atoms with van der Waals surface area (Å²) in [5.74, 6) is -1.00. The van der Waals surface area contributed by atoms with Crippen LogP contribution in [0.15, 0.2) is 18.2 Å². The molecule has 1 aromatic carbocycles. The molecule has 0 radical (unpaired) electrons. The van der Waals surface area contributed by atoms with Crippen LogP contribution in [0.3, 0.4) is 0 Å². The van der Waals surface area contributed by atoms with Crippen molar-refractivity contribution in [1.29, 1.82) is 0 Å². The van der Waals surface area contributed by atoms with E-state index in [9.17, 15) is 9.90 Å². The van der Waals surface area contributed by atoms with Gasteiger partial charge in [0.1, 0.15) is 5.75 Å². The molecule has 0 aromatic heterocycles. The van der Waals surface area contributed by atoms with E-state index in [4.69, 9.17) is 5.11 Å². The summed E-state index contributed by atoms with van der Waals surface area (Å²) in [7, 11) is 0. The Bertz CT molecular complexity index is 411. The number of carboxylic acids is 1. The molecule has 0 aliphatic heterocycles. The van der Waals surface area contributed by atoms with Gasteiger partial charge in [0.15, 0.2) is 0 Å². The zero-order valence-electron chi connectivity index (χ0n) is 9.65. The van der Waals surface area contributed by atoms with E-state index >= 15 is 0 Å². The highest BCUT2D eigenvalue weighted by atomic mass is 16.4. The molecule has 1 aromatic rings. The Hall–Kier alpha value is -1.55. The van der Waals surface area contributed by atoms with Crippen LogP contribution in [0.5, 0.6) is 5.75 Å². The van der Waals surface area contributed by atoms with Crippen molar-refractivity contribution in [2.24, 2.45) is 0 Å². The molecular weight excluding hydrogens is 218 g/mol. The maximum Gasteiger partial charge on any atom is 0.336 e. The number of nitrogens with one attached hydrogen (secondary N) is 1. The van der Waals surface area contributed by atoms with Gasteiger partial charge in [0.2, 0.25) is 0 Å². The average Bonchev–Trinajstić information content (AvgIpc) is 2.80. The first kappa shape index (κ1) is 11.9. The third-order valence-electron chi connectivity index (χ3n) is 3.26. The minimum absolute atomic E-state index is 0.00739. The van der Waals surface area contributed by atoms with Crippen molar-refractivity contribution >= 4 is 5.97 Å². The summed E-state index contributed by atoms with van der Waals surface area (Å²) in [4.78, 5) is 11.0. The number of aromatic hydroxyl groups is 1. The summed E-state index contributed by atoms with van der Waals surface area (Å²) >= 11 is 0. The predicted octanol–water partition coefficient (Wildman–Crippen LogP) is 2.12. The van der Waals surface area contributed by atoms with Crippen molar-refractivity contribution < 1.29 is 15.0 Å². The van der Waals surface area contributed by atoms with Crippen LogP contribution in [-0.2, 0) is 6.54 Å². The summed E-state index contributed by atoms with van der Waals surface area (Å²) in [6.45, 7) is 0.548. The Labute approximate surface area is 100 Å². The fraction of sp³-hybridized carbons (Fsp3) is 0.462. The zero-order chi connectivity index (χ0) is 12.3. The lowest BCUT2D eigenvalue weighted by Crippen LogP contribution is -2.26. The van der Waals surface area contributed by atoms with Crippen molar-refractivity contribution in [2.45, 2.75) is 38.3 Å². The van der Waals surface area contributed by atoms with E-state index in [-0.39, 0.29) is 11.3 Å². The molecule has 4 nitrogen and oxygen atoms in total. The molecule has 0 spiro atoms. The maximum absolute atomic E-state index is 11.0. The zero-order valence-corrected chi connectivity index (χ0v) is 9.65. The first-order valence-electron chi connectivity index (χ1n) is 5.95. The van der Waals surface area contributed by atoms with Gasteiger partial charge in [0.25, 0.3) is 0 Å². The predicted molar refractivity (Wildman–Crippen MR) is 64.2 cm³/mol. The van der Waals surface area contributed by atoms with Crippen LogP contribution in [0.2, 0.25) is 0 Å². The SMILES string of the molecule is O=C(O)c1cc(O)ccc1CNC1CCCC1. The van der Waals surface area contributed by atoms with Crippen LogP contribution in [0, 0.1) is 0 Å². The van der Waals surface area contributed by atoms with Gasteiger partial charge in [-0.3, -0.25) is 0 Å². The molecule has 92 valence electrons. The second kappa shape index (κ2) is 5.19. The molecule has 17 heavy (non-hydrogen) atoms. The van der Waals surface area contributed by atoms with Crippen LogP contribution < -0.4 is 5.32 Å². The molecule has 1 aliphatic rings. The third kappa shape index (κ3) is 2.97. The molecule has 4 heteroatoms. The van der Waals surface area contributed by atoms with Crippen LogP contribution in [0.1, 0.15) is 41.6 Å². The second-order valence-electron chi connectivity index (χ2n) is 4.51. The monoisotopic (exact) mass is 235 g/mol. The number of phenolic OH excluding ortho intramolecular Hbond substituents is 1. The highest BCUT2D eigenvalue weighted by molar-refractivity contribution is 5.89. The van der Waals surface area contributed by atoms with Crippen molar-refractivity contribution in [3.8, 4) is 5.75 Å². The van der Waals surface area contributed by atoms with Crippen molar-refractivity contribution in [2.75, 3.05) is 0 Å². The van der Waals surface area contributed by atoms with Gasteiger partial charge in [-0.05, 0) is 30.5 Å². The normalized spacial score (nSPS) is 16.2. The number of rotatable bonds is 4. The van der Waals surface area contributed by atoms with Gasteiger partial charge in [-0.15, -0.1) is 0 Å². The maximum atomic E-state index is 11.0. The highest BCUT2D eigenvalue weighted by Gasteiger charge is 2.16. The minimum atomic E-state index is -0.996. The molecular formula is C13H17NO3. The second-order valence-corrected chi connectivity index (χ2v) is 4.51. The standard InChI is InChI=1S/C13H17NO3/c15-11-6-5-9(12(7-11)13(16)17)8-14-10-3-1-2-4-10/h5-7,10,14-15H,1-4,8H2,(H,16,17). The van der Waals surface area contributed by atoms with E-state index in [1.54, 1.807) is 6.07 Å². The lowest BCUT2D eigenvalue weighted by atomic mass is 10.1. The lowest BCUT2D eigenvalue weighted by Gasteiger charge is -2.13. The molecule has 0 saturated heterocycles. The first-order valence-corrected chi connectivity index (χ1v) is 5.95. The van der Waals surface area contributed by atoms with Crippen LogP contribution in [0.4, 0.5) is 0 Å². The van der Waals surface area contributed by atoms with Gasteiger partial charge >= 0.3 is 5.97 Å². The molecule has 2 rings (SSSR count). The molecule has 1 fully saturated rings. The van der Waals surface area contributed by atoms with Gasteiger partial charge in [0.05, 0.1) is 5.56 Å². The highest BCUT2D eigenvalue weighted by Crippen LogP contribution is 2.20. The van der Waals surface area contributed by atoms with Crippen LogP contribution in [-0.4, -0.2) is 22.2 Å². The number of carbonyl (C=O) groups is 1. The number of phenols is 1. The van der Waals surface area contributed by atoms with Crippen molar-refractivity contribution in [3.63, 3.8) is 0 Å². The van der Waals surface area contributed by atoms with Crippen LogP contribution in [0.25, 0.3) is 0 Å². The Morgan fingerprint density at radius 1 is 1.35 bits per heavy atom. The molecule has 3 N–H and O–H groups in total. The number of carboxylic acid groups (broad SMARTS) is 1. The fourth-order valence-corrected chi connectivity index (χ4v) is 2.30.